The number of nitrogens with one attached hydrogen (secondary N) is 3. The summed E-state index contributed by atoms with van der Waals surface area (Å²) in [6.45, 7) is 4.07. The number of rotatable bonds is 8. The third-order valence-corrected chi connectivity index (χ3v) is 4.47. The van der Waals surface area contributed by atoms with Gasteiger partial charge in [0.05, 0.1) is 16.0 Å². The van der Waals surface area contributed by atoms with E-state index in [9.17, 15) is 19.7 Å². The molecule has 1 heterocycles. The van der Waals surface area contributed by atoms with Crippen LogP contribution in [0.15, 0.2) is 64.7 Å². The lowest BCUT2D eigenvalue weighted by atomic mass is 10.0. The lowest BCUT2D eigenvalue weighted by Gasteiger charge is -2.18. The first-order valence-corrected chi connectivity index (χ1v) is 8.79. The number of fused-ring (bicyclic) bond motifs is 1. The van der Waals surface area contributed by atoms with Crippen LogP contribution in [0.4, 0.5) is 5.69 Å². The predicted octanol–water partition coefficient (Wildman–Crippen LogP) is 2.40. The zero-order valence-corrected chi connectivity index (χ0v) is 15.1. The maximum absolute atomic E-state index is 11.7. The Bertz CT molecular complexity index is 1120. The molecule has 1 unspecified atom stereocenters. The SMILES string of the molecule is C=CCC(Cc1ccccc1)NCc1cc([N+](=O)[O-])cc2[nH]c(=O)c(=O)[nH]c12. The van der Waals surface area contributed by atoms with Crippen LogP contribution in [0.3, 0.4) is 0 Å². The first kappa shape index (κ1) is 19.2. The van der Waals surface area contributed by atoms with E-state index in [0.717, 1.165) is 12.0 Å². The van der Waals surface area contributed by atoms with Crippen molar-refractivity contribution in [2.75, 3.05) is 0 Å². The van der Waals surface area contributed by atoms with E-state index >= 15 is 0 Å². The van der Waals surface area contributed by atoms with Crippen molar-refractivity contribution in [2.24, 2.45) is 0 Å². The van der Waals surface area contributed by atoms with E-state index in [2.05, 4.69) is 21.9 Å². The van der Waals surface area contributed by atoms with Crippen molar-refractivity contribution < 1.29 is 4.92 Å². The van der Waals surface area contributed by atoms with Crippen molar-refractivity contribution >= 4 is 16.7 Å². The van der Waals surface area contributed by atoms with Gasteiger partial charge in [-0.05, 0) is 24.0 Å². The average molecular weight is 380 g/mol. The van der Waals surface area contributed by atoms with E-state index in [1.54, 1.807) is 0 Å². The lowest BCUT2D eigenvalue weighted by Crippen LogP contribution is -2.32. The molecule has 0 bridgehead atoms. The molecule has 1 atom stereocenters. The van der Waals surface area contributed by atoms with Crippen LogP contribution in [-0.4, -0.2) is 20.9 Å². The molecule has 1 aromatic heterocycles. The summed E-state index contributed by atoms with van der Waals surface area (Å²) in [4.78, 5) is 38.9. The Labute approximate surface area is 160 Å². The van der Waals surface area contributed by atoms with Crippen LogP contribution in [0.1, 0.15) is 17.5 Å². The molecule has 0 aliphatic carbocycles. The van der Waals surface area contributed by atoms with Gasteiger partial charge in [0.2, 0.25) is 0 Å². The molecular weight excluding hydrogens is 360 g/mol. The number of H-pyrrole nitrogens is 2. The van der Waals surface area contributed by atoms with Gasteiger partial charge in [0, 0.05) is 24.7 Å². The number of nitro groups is 1. The molecule has 0 saturated carbocycles. The van der Waals surface area contributed by atoms with Crippen LogP contribution >= 0.6 is 0 Å². The highest BCUT2D eigenvalue weighted by Crippen LogP contribution is 2.21. The maximum atomic E-state index is 11.7. The molecule has 8 heteroatoms. The van der Waals surface area contributed by atoms with Crippen molar-refractivity contribution in [1.82, 2.24) is 15.3 Å². The van der Waals surface area contributed by atoms with Gasteiger partial charge < -0.3 is 15.3 Å². The number of benzene rings is 2. The van der Waals surface area contributed by atoms with E-state index in [0.29, 0.717) is 17.5 Å². The number of nitro benzene ring substituents is 1. The highest BCUT2D eigenvalue weighted by molar-refractivity contribution is 5.80. The number of non-ortho nitro benzene ring substituents is 1. The standard InChI is InChI=1S/C20H20N4O4/c1-2-6-15(9-13-7-4-3-5-8-13)21-12-14-10-16(24(27)28)11-17-18(14)23-20(26)19(25)22-17/h2-5,7-8,10-11,15,21H,1,6,9,12H2,(H,22,25)(H,23,26). The zero-order chi connectivity index (χ0) is 20.1. The van der Waals surface area contributed by atoms with Gasteiger partial charge in [-0.3, -0.25) is 19.7 Å². The number of aromatic nitrogens is 2. The summed E-state index contributed by atoms with van der Waals surface area (Å²) in [5.41, 5.74) is 0.479. The Hall–Kier alpha value is -3.52. The first-order valence-electron chi connectivity index (χ1n) is 8.79. The molecule has 144 valence electrons. The van der Waals surface area contributed by atoms with Gasteiger partial charge in [0.15, 0.2) is 0 Å². The molecule has 0 aliphatic heterocycles. The fraction of sp³-hybridized carbons (Fsp3) is 0.200. The molecule has 0 saturated heterocycles. The predicted molar refractivity (Wildman–Crippen MR) is 107 cm³/mol. The van der Waals surface area contributed by atoms with Crippen LogP contribution in [-0.2, 0) is 13.0 Å². The molecule has 0 fully saturated rings. The molecule has 3 aromatic rings. The van der Waals surface area contributed by atoms with E-state index in [4.69, 9.17) is 0 Å². The average Bonchev–Trinajstić information content (AvgIpc) is 2.67. The van der Waals surface area contributed by atoms with Crippen LogP contribution in [0.5, 0.6) is 0 Å². The summed E-state index contributed by atoms with van der Waals surface area (Å²) in [5, 5.41) is 14.6. The molecule has 0 amide bonds. The molecule has 2 aromatic carbocycles. The molecule has 28 heavy (non-hydrogen) atoms. The second-order valence-corrected chi connectivity index (χ2v) is 6.48. The van der Waals surface area contributed by atoms with Crippen molar-refractivity contribution in [3.8, 4) is 0 Å². The van der Waals surface area contributed by atoms with Crippen LogP contribution in [0.2, 0.25) is 0 Å². The minimum Gasteiger partial charge on any atom is -0.316 e. The van der Waals surface area contributed by atoms with E-state index < -0.39 is 16.0 Å². The normalized spacial score (nSPS) is 12.0. The molecular formula is C20H20N4O4. The third kappa shape index (κ3) is 4.41. The fourth-order valence-corrected chi connectivity index (χ4v) is 3.12. The highest BCUT2D eigenvalue weighted by Gasteiger charge is 2.15. The number of hydrogen-bond donors (Lipinski definition) is 3. The third-order valence-electron chi connectivity index (χ3n) is 4.47. The summed E-state index contributed by atoms with van der Waals surface area (Å²) in [6, 6.07) is 12.6. The Morgan fingerprint density at radius 2 is 1.86 bits per heavy atom. The van der Waals surface area contributed by atoms with Gasteiger partial charge in [-0.25, -0.2) is 0 Å². The number of hydrogen-bond acceptors (Lipinski definition) is 5. The van der Waals surface area contributed by atoms with Gasteiger partial charge in [0.1, 0.15) is 0 Å². The minimum absolute atomic E-state index is 0.0590. The van der Waals surface area contributed by atoms with Crippen molar-refractivity contribution in [1.29, 1.82) is 0 Å². The molecule has 0 spiro atoms. The monoisotopic (exact) mass is 380 g/mol. The molecule has 0 aliphatic rings. The van der Waals surface area contributed by atoms with E-state index in [-0.39, 0.29) is 23.8 Å². The highest BCUT2D eigenvalue weighted by atomic mass is 16.6. The van der Waals surface area contributed by atoms with Gasteiger partial charge in [0.25, 0.3) is 5.69 Å². The Morgan fingerprint density at radius 3 is 2.54 bits per heavy atom. The summed E-state index contributed by atoms with van der Waals surface area (Å²) in [5.74, 6) is 0. The largest absolute Gasteiger partial charge is 0.316 e. The van der Waals surface area contributed by atoms with Crippen molar-refractivity contribution in [3.63, 3.8) is 0 Å². The molecule has 3 rings (SSSR count). The van der Waals surface area contributed by atoms with E-state index in [1.165, 1.54) is 12.1 Å². The molecule has 3 N–H and O–H groups in total. The molecule has 8 nitrogen and oxygen atoms in total. The fourth-order valence-electron chi connectivity index (χ4n) is 3.12. The quantitative estimate of drug-likeness (QED) is 0.240. The van der Waals surface area contributed by atoms with Gasteiger partial charge >= 0.3 is 11.1 Å². The summed E-state index contributed by atoms with van der Waals surface area (Å²) < 4.78 is 0. The second kappa shape index (κ2) is 8.45. The summed E-state index contributed by atoms with van der Waals surface area (Å²) in [7, 11) is 0. The minimum atomic E-state index is -0.847. The topological polar surface area (TPSA) is 121 Å². The van der Waals surface area contributed by atoms with Crippen molar-refractivity contribution in [2.45, 2.75) is 25.4 Å². The lowest BCUT2D eigenvalue weighted by molar-refractivity contribution is -0.384. The second-order valence-electron chi connectivity index (χ2n) is 6.48. The zero-order valence-electron chi connectivity index (χ0n) is 15.1. The Balaban J connectivity index is 1.91. The van der Waals surface area contributed by atoms with Gasteiger partial charge in [-0.1, -0.05) is 36.4 Å². The van der Waals surface area contributed by atoms with Gasteiger partial charge in [-0.2, -0.15) is 0 Å². The van der Waals surface area contributed by atoms with E-state index in [1.807, 2.05) is 36.4 Å². The van der Waals surface area contributed by atoms with Crippen LogP contribution < -0.4 is 16.4 Å². The smallest absolute Gasteiger partial charge is 0.314 e. The summed E-state index contributed by atoms with van der Waals surface area (Å²) in [6.07, 6.45) is 3.27. The maximum Gasteiger partial charge on any atom is 0.314 e. The first-order chi connectivity index (χ1) is 13.5. The number of nitrogens with zero attached hydrogens (tertiary/aromatic N) is 1. The van der Waals surface area contributed by atoms with Crippen LogP contribution in [0.25, 0.3) is 11.0 Å². The number of aromatic amines is 2. The van der Waals surface area contributed by atoms with Crippen LogP contribution in [0, 0.1) is 10.1 Å². The van der Waals surface area contributed by atoms with Crippen molar-refractivity contribution in [3.05, 3.63) is 97.1 Å². The summed E-state index contributed by atoms with van der Waals surface area (Å²) >= 11 is 0. The van der Waals surface area contributed by atoms with Gasteiger partial charge in [-0.15, -0.1) is 6.58 Å². The molecule has 0 radical (unpaired) electrons. The Morgan fingerprint density at radius 1 is 1.14 bits per heavy atom. The Kier molecular flexibility index (Phi) is 5.81.